The summed E-state index contributed by atoms with van der Waals surface area (Å²) in [7, 11) is 0. The number of unbranched alkanes of at least 4 members (excludes halogenated alkanes) is 61. The van der Waals surface area contributed by atoms with Gasteiger partial charge in [-0.25, -0.2) is 0 Å². The van der Waals surface area contributed by atoms with Crippen LogP contribution in [0.5, 0.6) is 0 Å². The molecule has 0 saturated carbocycles. The largest absolute Gasteiger partial charge is 0.394 e. The van der Waals surface area contributed by atoms with Crippen molar-refractivity contribution in [2.75, 3.05) is 26.4 Å². The highest BCUT2D eigenvalue weighted by molar-refractivity contribution is 5.76. The van der Waals surface area contributed by atoms with Crippen molar-refractivity contribution in [2.24, 2.45) is 0 Å². The van der Waals surface area contributed by atoms with Gasteiger partial charge in [-0.15, -0.1) is 0 Å². The number of hydrogen-bond donors (Lipinski definition) is 12. The molecule has 3 saturated heterocycles. The second kappa shape index (κ2) is 72.5. The molecular weight excluding hydrogens is 1410 g/mol. The fraction of sp³-hybridized carbons (Fsp3) is 0.967. The predicted octanol–water partition coefficient (Wildman–Crippen LogP) is 18.6. The molecule has 0 spiro atoms. The third-order valence-electron chi connectivity index (χ3n) is 24.1. The van der Waals surface area contributed by atoms with Gasteiger partial charge in [-0.05, 0) is 38.5 Å². The van der Waals surface area contributed by atoms with Gasteiger partial charge in [0.05, 0.1) is 38.6 Å². The second-order valence-corrected chi connectivity index (χ2v) is 34.2. The number of carbonyl (C=O) groups is 1. The number of amides is 1. The lowest BCUT2D eigenvalue weighted by Crippen LogP contribution is -2.66. The summed E-state index contributed by atoms with van der Waals surface area (Å²) in [5.74, 6) is -0.231. The van der Waals surface area contributed by atoms with Crippen LogP contribution in [0.1, 0.15) is 438 Å². The molecule has 19 heteroatoms. The maximum Gasteiger partial charge on any atom is 0.220 e. The van der Waals surface area contributed by atoms with Gasteiger partial charge >= 0.3 is 0 Å². The Kier molecular flexibility index (Phi) is 67.8. The minimum atomic E-state index is -1.97. The molecule has 111 heavy (non-hydrogen) atoms. The highest BCUT2D eigenvalue weighted by Gasteiger charge is 2.54. The second-order valence-electron chi connectivity index (χ2n) is 34.2. The number of rotatable bonds is 79. The van der Waals surface area contributed by atoms with E-state index in [1.165, 1.54) is 360 Å². The first-order valence-electron chi connectivity index (χ1n) is 47.4. The molecule has 17 atom stereocenters. The number of carbonyl (C=O) groups excluding carboxylic acids is 1. The first kappa shape index (κ1) is 104. The molecule has 3 aliphatic heterocycles. The van der Waals surface area contributed by atoms with E-state index in [1.807, 2.05) is 0 Å². The first-order valence-corrected chi connectivity index (χ1v) is 47.4. The summed E-state index contributed by atoms with van der Waals surface area (Å²) in [5.41, 5.74) is 0. The minimum absolute atomic E-state index is 0.231. The zero-order chi connectivity index (χ0) is 80.3. The van der Waals surface area contributed by atoms with Crippen LogP contribution in [-0.2, 0) is 33.2 Å². The number of aliphatic hydroxyl groups excluding tert-OH is 11. The molecule has 0 aromatic carbocycles. The Balaban J connectivity index is 1.28. The number of allylic oxidation sites excluding steroid dienone is 2. The van der Waals surface area contributed by atoms with E-state index in [4.69, 9.17) is 28.4 Å². The number of hydrogen-bond acceptors (Lipinski definition) is 18. The lowest BCUT2D eigenvalue weighted by Gasteiger charge is -2.48. The molecule has 12 N–H and O–H groups in total. The van der Waals surface area contributed by atoms with E-state index in [9.17, 15) is 61.0 Å². The van der Waals surface area contributed by atoms with Gasteiger partial charge in [0, 0.05) is 6.42 Å². The SMILES string of the molecule is CCCCCCCCCC/C=C\CCCCCCCCCCCCCCCCCCCCCCCCCCCCCC(=O)NC(COC1OC(CO)C(OC2OC(CO)C(OC3OC(CO)C(O)C(O)C3O)C(O)C2O)C(O)C1O)C(O)CCCCCCCCCCCCCCCCCCCCCCCCCCCCC. The lowest BCUT2D eigenvalue weighted by molar-refractivity contribution is -0.379. The Morgan fingerprint density at radius 3 is 0.874 bits per heavy atom. The van der Waals surface area contributed by atoms with Crippen molar-refractivity contribution in [3.05, 3.63) is 12.2 Å². The van der Waals surface area contributed by atoms with Crippen LogP contribution in [0.2, 0.25) is 0 Å². The van der Waals surface area contributed by atoms with Crippen LogP contribution in [0.4, 0.5) is 0 Å². The molecule has 0 radical (unpaired) electrons. The van der Waals surface area contributed by atoms with Crippen LogP contribution in [0, 0.1) is 0 Å². The maximum atomic E-state index is 13.6. The van der Waals surface area contributed by atoms with Gasteiger partial charge in [0.2, 0.25) is 5.91 Å². The smallest absolute Gasteiger partial charge is 0.220 e. The van der Waals surface area contributed by atoms with Gasteiger partial charge in [0.1, 0.15) is 73.2 Å². The van der Waals surface area contributed by atoms with Crippen LogP contribution in [0.3, 0.4) is 0 Å². The monoisotopic (exact) mass is 1580 g/mol. The summed E-state index contributed by atoms with van der Waals surface area (Å²) in [6.07, 6.45) is 63.4. The highest BCUT2D eigenvalue weighted by Crippen LogP contribution is 2.34. The molecule has 0 bridgehead atoms. The molecule has 3 rings (SSSR count). The van der Waals surface area contributed by atoms with Crippen LogP contribution < -0.4 is 5.32 Å². The fourth-order valence-corrected chi connectivity index (χ4v) is 16.6. The van der Waals surface area contributed by atoms with Gasteiger partial charge in [0.15, 0.2) is 18.9 Å². The van der Waals surface area contributed by atoms with Gasteiger partial charge in [-0.2, -0.15) is 0 Å². The van der Waals surface area contributed by atoms with Gasteiger partial charge < -0.3 is 89.9 Å². The summed E-state index contributed by atoms with van der Waals surface area (Å²) in [4.78, 5) is 13.6. The number of ether oxygens (including phenoxy) is 6. The molecular formula is C92H177NO18. The molecule has 3 heterocycles. The average molecular weight is 1590 g/mol. The van der Waals surface area contributed by atoms with Crippen molar-refractivity contribution < 1.29 is 89.4 Å². The van der Waals surface area contributed by atoms with Gasteiger partial charge in [-0.1, -0.05) is 405 Å². The lowest BCUT2D eigenvalue weighted by atomic mass is 9.96. The third-order valence-corrected chi connectivity index (χ3v) is 24.1. The van der Waals surface area contributed by atoms with Crippen LogP contribution >= 0.6 is 0 Å². The Hall–Kier alpha value is -1.47. The molecule has 3 fully saturated rings. The van der Waals surface area contributed by atoms with E-state index in [1.54, 1.807) is 0 Å². The summed E-state index contributed by atoms with van der Waals surface area (Å²) < 4.78 is 34.6. The predicted molar refractivity (Wildman–Crippen MR) is 448 cm³/mol. The Labute approximate surface area is 677 Å². The standard InChI is InChI=1S/C92H177NO18/c1-3-5-7-9-11-13-15-17-19-21-23-25-27-29-31-32-33-34-35-36-37-38-39-40-41-42-44-46-48-50-52-54-56-58-60-62-64-66-68-70-80(98)93-75(76(97)69-67-65-63-61-59-57-55-53-51-49-47-45-43-30-28-26-24-22-20-18-16-14-12-10-8-6-4-2)74-106-90-86(104)83(101)88(78(72-95)108-90)111-92-87(105)84(102)89(79(73-96)109-92)110-91-85(103)82(100)81(99)77(71-94)107-91/h21,23,75-79,81-92,94-97,99-105H,3-20,22,24-74H2,1-2H3,(H,93,98)/b23-21-. The van der Waals surface area contributed by atoms with Crippen molar-refractivity contribution >= 4 is 5.91 Å². The van der Waals surface area contributed by atoms with E-state index in [2.05, 4.69) is 31.3 Å². The van der Waals surface area contributed by atoms with E-state index in [0.29, 0.717) is 12.8 Å². The number of nitrogens with one attached hydrogen (secondary N) is 1. The summed E-state index contributed by atoms with van der Waals surface area (Å²) in [5, 5.41) is 121. The van der Waals surface area contributed by atoms with E-state index in [-0.39, 0.29) is 18.9 Å². The maximum absolute atomic E-state index is 13.6. The van der Waals surface area contributed by atoms with Gasteiger partial charge in [0.25, 0.3) is 0 Å². The minimum Gasteiger partial charge on any atom is -0.394 e. The van der Waals surface area contributed by atoms with Crippen LogP contribution in [0.15, 0.2) is 12.2 Å². The Bertz CT molecular complexity index is 2040. The fourth-order valence-electron chi connectivity index (χ4n) is 16.6. The van der Waals surface area contributed by atoms with Gasteiger partial charge in [-0.3, -0.25) is 4.79 Å². The number of aliphatic hydroxyl groups is 11. The Morgan fingerprint density at radius 2 is 0.568 bits per heavy atom. The average Bonchev–Trinajstić information content (AvgIpc) is 0.780. The van der Waals surface area contributed by atoms with E-state index >= 15 is 0 Å². The quantitative estimate of drug-likeness (QED) is 0.0199. The molecule has 17 unspecified atom stereocenters. The summed E-state index contributed by atoms with van der Waals surface area (Å²) in [6, 6.07) is -0.886. The zero-order valence-electron chi connectivity index (χ0n) is 71.2. The van der Waals surface area contributed by atoms with E-state index < -0.39 is 124 Å². The topological polar surface area (TPSA) is 307 Å². The van der Waals surface area contributed by atoms with Crippen molar-refractivity contribution in [3.63, 3.8) is 0 Å². The molecule has 3 aliphatic rings. The normalized spacial score (nSPS) is 25.0. The van der Waals surface area contributed by atoms with Crippen molar-refractivity contribution in [1.29, 1.82) is 0 Å². The molecule has 658 valence electrons. The van der Waals surface area contributed by atoms with Crippen LogP contribution in [-0.4, -0.2) is 193 Å². The molecule has 0 aliphatic carbocycles. The zero-order valence-corrected chi connectivity index (χ0v) is 71.2. The summed E-state index contributed by atoms with van der Waals surface area (Å²) >= 11 is 0. The van der Waals surface area contributed by atoms with Crippen molar-refractivity contribution in [3.8, 4) is 0 Å². The van der Waals surface area contributed by atoms with Crippen molar-refractivity contribution in [1.82, 2.24) is 5.32 Å². The summed E-state index contributed by atoms with van der Waals surface area (Å²) in [6.45, 7) is 1.89. The molecule has 19 nitrogen and oxygen atoms in total. The highest BCUT2D eigenvalue weighted by atomic mass is 16.8. The first-order chi connectivity index (χ1) is 54.3. The van der Waals surface area contributed by atoms with Crippen molar-refractivity contribution in [2.45, 2.75) is 542 Å². The molecule has 0 aromatic heterocycles. The molecule has 1 amide bonds. The van der Waals surface area contributed by atoms with E-state index in [0.717, 1.165) is 44.9 Å². The Morgan fingerprint density at radius 1 is 0.315 bits per heavy atom. The van der Waals surface area contributed by atoms with Crippen LogP contribution in [0.25, 0.3) is 0 Å². The third kappa shape index (κ3) is 50.9. The molecule has 0 aromatic rings.